The van der Waals surface area contributed by atoms with Gasteiger partial charge in [-0.05, 0) is 36.6 Å². The van der Waals surface area contributed by atoms with Gasteiger partial charge in [0.1, 0.15) is 5.75 Å². The predicted molar refractivity (Wildman–Crippen MR) is 67.8 cm³/mol. The number of hydrazine groups is 1. The van der Waals surface area contributed by atoms with Gasteiger partial charge in [0.2, 0.25) is 0 Å². The number of carbonyl (C=O) groups excluding carboxylic acids is 1. The van der Waals surface area contributed by atoms with Crippen LogP contribution in [0.25, 0.3) is 0 Å². The molecule has 1 amide bonds. The van der Waals surface area contributed by atoms with Crippen molar-refractivity contribution in [3.05, 3.63) is 28.8 Å². The van der Waals surface area contributed by atoms with E-state index in [-0.39, 0.29) is 11.8 Å². The van der Waals surface area contributed by atoms with Crippen molar-refractivity contribution in [2.24, 2.45) is 11.8 Å². The molecule has 0 spiro atoms. The fourth-order valence-corrected chi connectivity index (χ4v) is 1.68. The van der Waals surface area contributed by atoms with Gasteiger partial charge in [0.05, 0.1) is 0 Å². The van der Waals surface area contributed by atoms with Gasteiger partial charge in [0.25, 0.3) is 5.91 Å². The van der Waals surface area contributed by atoms with Gasteiger partial charge in [-0.25, -0.2) is 5.84 Å². The Balaban J connectivity index is 2.90. The van der Waals surface area contributed by atoms with E-state index < -0.39 is 6.10 Å². The van der Waals surface area contributed by atoms with Crippen LogP contribution in [-0.2, 0) is 4.79 Å². The molecule has 1 aromatic carbocycles. The molecule has 94 valence electrons. The fourth-order valence-electron chi connectivity index (χ4n) is 1.46. The first-order valence-corrected chi connectivity index (χ1v) is 5.76. The number of ether oxygens (including phenoxy) is 1. The van der Waals surface area contributed by atoms with Crippen LogP contribution >= 0.6 is 11.6 Å². The average Bonchev–Trinajstić information content (AvgIpc) is 2.26. The number of amides is 1. The average molecular weight is 257 g/mol. The Kier molecular flexibility index (Phi) is 4.78. The van der Waals surface area contributed by atoms with Gasteiger partial charge in [0.15, 0.2) is 6.10 Å². The van der Waals surface area contributed by atoms with E-state index in [0.29, 0.717) is 10.8 Å². The third-order valence-electron chi connectivity index (χ3n) is 2.40. The Bertz CT molecular complexity index is 407. The first-order valence-electron chi connectivity index (χ1n) is 5.39. The Hall–Kier alpha value is -1.26. The molecule has 1 atom stereocenters. The highest BCUT2D eigenvalue weighted by molar-refractivity contribution is 6.30. The lowest BCUT2D eigenvalue weighted by atomic mass is 10.1. The molecule has 0 radical (unpaired) electrons. The first-order chi connectivity index (χ1) is 7.95. The quantitative estimate of drug-likeness (QED) is 0.492. The zero-order valence-corrected chi connectivity index (χ0v) is 10.9. The maximum absolute atomic E-state index is 11.5. The van der Waals surface area contributed by atoms with Crippen LogP contribution in [-0.4, -0.2) is 12.0 Å². The van der Waals surface area contributed by atoms with Crippen LogP contribution in [0.2, 0.25) is 5.02 Å². The summed E-state index contributed by atoms with van der Waals surface area (Å²) in [5, 5.41) is 0.638. The van der Waals surface area contributed by atoms with Crippen LogP contribution in [0.5, 0.6) is 5.75 Å². The summed E-state index contributed by atoms with van der Waals surface area (Å²) >= 11 is 5.85. The molecule has 1 unspecified atom stereocenters. The van der Waals surface area contributed by atoms with Gasteiger partial charge in [0, 0.05) is 5.02 Å². The zero-order chi connectivity index (χ0) is 13.0. The summed E-state index contributed by atoms with van der Waals surface area (Å²) in [6.45, 7) is 5.66. The molecular formula is C12H17ClN2O2. The summed E-state index contributed by atoms with van der Waals surface area (Å²) in [5.74, 6) is 5.45. The van der Waals surface area contributed by atoms with E-state index in [1.807, 2.05) is 20.8 Å². The number of halogens is 1. The van der Waals surface area contributed by atoms with Crippen molar-refractivity contribution < 1.29 is 9.53 Å². The minimum atomic E-state index is -0.611. The predicted octanol–water partition coefficient (Wildman–Crippen LogP) is 2.04. The summed E-state index contributed by atoms with van der Waals surface area (Å²) in [7, 11) is 0. The monoisotopic (exact) mass is 256 g/mol. The van der Waals surface area contributed by atoms with Crippen molar-refractivity contribution in [3.8, 4) is 5.75 Å². The van der Waals surface area contributed by atoms with Gasteiger partial charge in [-0.2, -0.15) is 0 Å². The van der Waals surface area contributed by atoms with Crippen molar-refractivity contribution in [2.45, 2.75) is 26.9 Å². The van der Waals surface area contributed by atoms with E-state index in [4.69, 9.17) is 22.2 Å². The SMILES string of the molecule is Cc1cc(Cl)ccc1OC(C(=O)NN)C(C)C. The third-order valence-corrected chi connectivity index (χ3v) is 2.63. The summed E-state index contributed by atoms with van der Waals surface area (Å²) in [4.78, 5) is 11.5. The number of hydrogen-bond donors (Lipinski definition) is 2. The number of nitrogens with one attached hydrogen (secondary N) is 1. The van der Waals surface area contributed by atoms with Crippen molar-refractivity contribution in [1.29, 1.82) is 0 Å². The van der Waals surface area contributed by atoms with Gasteiger partial charge in [-0.15, -0.1) is 0 Å². The highest BCUT2D eigenvalue weighted by Crippen LogP contribution is 2.24. The van der Waals surface area contributed by atoms with E-state index in [1.165, 1.54) is 0 Å². The van der Waals surface area contributed by atoms with Gasteiger partial charge >= 0.3 is 0 Å². The molecule has 3 N–H and O–H groups in total. The Morgan fingerprint density at radius 1 is 1.47 bits per heavy atom. The summed E-state index contributed by atoms with van der Waals surface area (Å²) in [6.07, 6.45) is -0.611. The molecule has 4 nitrogen and oxygen atoms in total. The minimum absolute atomic E-state index is 0.0219. The lowest BCUT2D eigenvalue weighted by molar-refractivity contribution is -0.129. The van der Waals surface area contributed by atoms with E-state index in [2.05, 4.69) is 5.43 Å². The molecule has 17 heavy (non-hydrogen) atoms. The second-order valence-electron chi connectivity index (χ2n) is 4.20. The Labute approximate surface area is 106 Å². The summed E-state index contributed by atoms with van der Waals surface area (Å²) in [6, 6.07) is 5.26. The second kappa shape index (κ2) is 5.89. The van der Waals surface area contributed by atoms with E-state index >= 15 is 0 Å². The number of rotatable bonds is 4. The normalized spacial score (nSPS) is 12.4. The largest absolute Gasteiger partial charge is 0.480 e. The molecule has 0 aliphatic rings. The third kappa shape index (κ3) is 3.61. The molecule has 0 fully saturated rings. The van der Waals surface area contributed by atoms with E-state index in [9.17, 15) is 4.79 Å². The van der Waals surface area contributed by atoms with Crippen LogP contribution in [0.3, 0.4) is 0 Å². The highest BCUT2D eigenvalue weighted by Gasteiger charge is 2.23. The number of aryl methyl sites for hydroxylation is 1. The number of hydrogen-bond acceptors (Lipinski definition) is 3. The van der Waals surface area contributed by atoms with Crippen LogP contribution in [0.1, 0.15) is 19.4 Å². The molecule has 0 aromatic heterocycles. The Morgan fingerprint density at radius 3 is 2.59 bits per heavy atom. The van der Waals surface area contributed by atoms with Crippen LogP contribution in [0.15, 0.2) is 18.2 Å². The maximum atomic E-state index is 11.5. The summed E-state index contributed by atoms with van der Waals surface area (Å²) in [5.41, 5.74) is 2.99. The molecule has 5 heteroatoms. The van der Waals surface area contributed by atoms with Crippen molar-refractivity contribution in [3.63, 3.8) is 0 Å². The molecule has 1 rings (SSSR count). The van der Waals surface area contributed by atoms with Crippen molar-refractivity contribution in [1.82, 2.24) is 5.43 Å². The lowest BCUT2D eigenvalue weighted by Gasteiger charge is -2.21. The molecule has 0 saturated carbocycles. The fraction of sp³-hybridized carbons (Fsp3) is 0.417. The topological polar surface area (TPSA) is 64.3 Å². The number of benzene rings is 1. The van der Waals surface area contributed by atoms with Crippen molar-refractivity contribution >= 4 is 17.5 Å². The molecular weight excluding hydrogens is 240 g/mol. The molecule has 0 saturated heterocycles. The highest BCUT2D eigenvalue weighted by atomic mass is 35.5. The van der Waals surface area contributed by atoms with E-state index in [1.54, 1.807) is 18.2 Å². The lowest BCUT2D eigenvalue weighted by Crippen LogP contribution is -2.44. The van der Waals surface area contributed by atoms with Crippen LogP contribution < -0.4 is 16.0 Å². The maximum Gasteiger partial charge on any atom is 0.275 e. The van der Waals surface area contributed by atoms with Crippen molar-refractivity contribution in [2.75, 3.05) is 0 Å². The standard InChI is InChI=1S/C12H17ClN2O2/c1-7(2)11(12(16)15-14)17-10-5-4-9(13)6-8(10)3/h4-7,11H,14H2,1-3H3,(H,15,16). The number of nitrogens with two attached hydrogens (primary N) is 1. The molecule has 1 aromatic rings. The smallest absolute Gasteiger partial charge is 0.275 e. The molecule has 0 bridgehead atoms. The van der Waals surface area contributed by atoms with E-state index in [0.717, 1.165) is 5.56 Å². The zero-order valence-electron chi connectivity index (χ0n) is 10.2. The Morgan fingerprint density at radius 2 is 2.12 bits per heavy atom. The summed E-state index contributed by atoms with van der Waals surface area (Å²) < 4.78 is 5.66. The van der Waals surface area contributed by atoms with Gasteiger partial charge in [-0.1, -0.05) is 25.4 Å². The second-order valence-corrected chi connectivity index (χ2v) is 4.64. The molecule has 0 aliphatic carbocycles. The van der Waals surface area contributed by atoms with Crippen LogP contribution in [0, 0.1) is 12.8 Å². The number of carbonyl (C=O) groups is 1. The van der Waals surface area contributed by atoms with Gasteiger partial charge in [-0.3, -0.25) is 10.2 Å². The van der Waals surface area contributed by atoms with Gasteiger partial charge < -0.3 is 4.74 Å². The molecule has 0 aliphatic heterocycles. The first kappa shape index (κ1) is 13.8. The minimum Gasteiger partial charge on any atom is -0.480 e. The molecule has 0 heterocycles. The van der Waals surface area contributed by atoms with Crippen LogP contribution in [0.4, 0.5) is 0 Å².